The summed E-state index contributed by atoms with van der Waals surface area (Å²) in [7, 11) is 0. The highest BCUT2D eigenvalue weighted by Crippen LogP contribution is 2.46. The molecule has 0 aliphatic heterocycles. The van der Waals surface area contributed by atoms with Crippen molar-refractivity contribution in [2.24, 2.45) is 0 Å². The predicted molar refractivity (Wildman–Crippen MR) is 189 cm³/mol. The van der Waals surface area contributed by atoms with Crippen molar-refractivity contribution in [3.8, 4) is 22.8 Å². The average Bonchev–Trinajstić information content (AvgIpc) is 3.56. The molecular formula is C40H31N5. The van der Waals surface area contributed by atoms with Gasteiger partial charge in [0.25, 0.3) is 0 Å². The Morgan fingerprint density at radius 1 is 0.356 bits per heavy atom. The first-order valence-electron chi connectivity index (χ1n) is 15.0. The molecule has 4 N–H and O–H groups in total. The summed E-state index contributed by atoms with van der Waals surface area (Å²) in [6, 6.07) is 56.4. The zero-order chi connectivity index (χ0) is 30.3. The molecule has 0 fully saturated rings. The van der Waals surface area contributed by atoms with Gasteiger partial charge in [-0.15, -0.1) is 0 Å². The van der Waals surface area contributed by atoms with Crippen LogP contribution in [0.25, 0.3) is 44.6 Å². The Morgan fingerprint density at radius 3 is 1.18 bits per heavy atom. The van der Waals surface area contributed by atoms with Crippen LogP contribution in [0, 0.1) is 0 Å². The van der Waals surface area contributed by atoms with Crippen molar-refractivity contribution in [1.82, 2.24) is 9.13 Å². The number of benzene rings is 6. The Labute approximate surface area is 261 Å². The molecule has 0 radical (unpaired) electrons. The third-order valence-electron chi connectivity index (χ3n) is 8.46. The molecule has 5 nitrogen and oxygen atoms in total. The summed E-state index contributed by atoms with van der Waals surface area (Å²) in [6.07, 6.45) is 0. The first-order valence-corrected chi connectivity index (χ1v) is 15.0. The smallest absolute Gasteiger partial charge is 0.0964 e. The van der Waals surface area contributed by atoms with Crippen LogP contribution in [0.1, 0.15) is 0 Å². The number of hydrogen-bond acceptors (Lipinski definition) is 3. The second-order valence-electron chi connectivity index (χ2n) is 11.1. The first-order chi connectivity index (χ1) is 22.2. The molecule has 2 heterocycles. The number of rotatable bonds is 6. The quantitative estimate of drug-likeness (QED) is 0.205. The van der Waals surface area contributed by atoms with Crippen molar-refractivity contribution in [3.05, 3.63) is 164 Å². The summed E-state index contributed by atoms with van der Waals surface area (Å²) in [4.78, 5) is 2.26. The van der Waals surface area contributed by atoms with Gasteiger partial charge in [-0.2, -0.15) is 0 Å². The normalized spacial score (nSPS) is 11.3. The summed E-state index contributed by atoms with van der Waals surface area (Å²) in [5, 5.41) is 1.97. The summed E-state index contributed by atoms with van der Waals surface area (Å²) < 4.78 is 4.47. The molecule has 0 aliphatic rings. The van der Waals surface area contributed by atoms with Crippen LogP contribution in [0.15, 0.2) is 164 Å². The summed E-state index contributed by atoms with van der Waals surface area (Å²) in [5.74, 6) is 0. The summed E-state index contributed by atoms with van der Waals surface area (Å²) >= 11 is 0. The van der Waals surface area contributed by atoms with E-state index in [0.29, 0.717) is 11.4 Å². The van der Waals surface area contributed by atoms with E-state index in [1.54, 1.807) is 0 Å². The number of fused-ring (bicyclic) bond motifs is 2. The van der Waals surface area contributed by atoms with E-state index in [4.69, 9.17) is 11.5 Å². The zero-order valence-corrected chi connectivity index (χ0v) is 24.6. The van der Waals surface area contributed by atoms with Crippen LogP contribution in [0.2, 0.25) is 0 Å². The van der Waals surface area contributed by atoms with Gasteiger partial charge >= 0.3 is 0 Å². The number of anilines is 5. The molecular weight excluding hydrogens is 550 g/mol. The lowest BCUT2D eigenvalue weighted by molar-refractivity contribution is 1.07. The van der Waals surface area contributed by atoms with E-state index in [1.165, 1.54) is 0 Å². The van der Waals surface area contributed by atoms with Gasteiger partial charge in [0.1, 0.15) is 0 Å². The predicted octanol–water partition coefficient (Wildman–Crippen LogP) is 9.88. The Morgan fingerprint density at radius 2 is 0.711 bits per heavy atom. The summed E-state index contributed by atoms with van der Waals surface area (Å²) in [5.41, 5.74) is 24.5. The molecule has 8 aromatic rings. The Hall–Kier alpha value is -6.20. The molecule has 216 valence electrons. The van der Waals surface area contributed by atoms with Crippen molar-refractivity contribution in [2.45, 2.75) is 0 Å². The lowest BCUT2D eigenvalue weighted by atomic mass is 10.1. The number of nitrogens with two attached hydrogens (primary N) is 2. The van der Waals surface area contributed by atoms with Gasteiger partial charge in [-0.25, -0.2) is 0 Å². The third-order valence-corrected chi connectivity index (χ3v) is 8.46. The molecule has 6 aromatic carbocycles. The van der Waals surface area contributed by atoms with Crippen LogP contribution in [0.3, 0.4) is 0 Å². The highest BCUT2D eigenvalue weighted by atomic mass is 15.1. The minimum atomic E-state index is 0.691. The van der Waals surface area contributed by atoms with E-state index in [1.807, 2.05) is 48.5 Å². The fraction of sp³-hybridized carbons (Fsp3) is 0. The monoisotopic (exact) mass is 581 g/mol. The minimum Gasteiger partial charge on any atom is -0.396 e. The SMILES string of the molecule is Nc1c(-c2c(N)c3ccccc3n2-c2ccc(N(c3ccccc3)c3ccccc3)cc2)n(-c2ccccc2)c2ccccc12. The molecule has 0 saturated heterocycles. The number of aromatic nitrogens is 2. The van der Waals surface area contributed by atoms with Gasteiger partial charge in [-0.05, 0) is 72.8 Å². The van der Waals surface area contributed by atoms with E-state index < -0.39 is 0 Å². The largest absolute Gasteiger partial charge is 0.396 e. The van der Waals surface area contributed by atoms with Gasteiger partial charge in [0, 0.05) is 39.2 Å². The van der Waals surface area contributed by atoms with Crippen LogP contribution in [0.4, 0.5) is 28.4 Å². The minimum absolute atomic E-state index is 0.691. The second kappa shape index (κ2) is 10.8. The van der Waals surface area contributed by atoms with Gasteiger partial charge in [0.15, 0.2) is 0 Å². The molecule has 0 amide bonds. The second-order valence-corrected chi connectivity index (χ2v) is 11.1. The number of nitrogen functional groups attached to an aromatic ring is 2. The van der Waals surface area contributed by atoms with Gasteiger partial charge in [0.05, 0.1) is 33.8 Å². The Kier molecular flexibility index (Phi) is 6.35. The Bertz CT molecular complexity index is 2230. The van der Waals surface area contributed by atoms with Crippen molar-refractivity contribution in [3.63, 3.8) is 0 Å². The zero-order valence-electron chi connectivity index (χ0n) is 24.6. The molecule has 45 heavy (non-hydrogen) atoms. The van der Waals surface area contributed by atoms with Crippen LogP contribution in [-0.2, 0) is 0 Å². The fourth-order valence-electron chi connectivity index (χ4n) is 6.46. The molecule has 8 rings (SSSR count). The molecule has 0 atom stereocenters. The topological polar surface area (TPSA) is 65.1 Å². The van der Waals surface area contributed by atoms with Gasteiger partial charge < -0.3 is 25.5 Å². The van der Waals surface area contributed by atoms with E-state index in [2.05, 4.69) is 129 Å². The molecule has 0 saturated carbocycles. The van der Waals surface area contributed by atoms with Crippen molar-refractivity contribution >= 4 is 50.2 Å². The highest BCUT2D eigenvalue weighted by Gasteiger charge is 2.26. The highest BCUT2D eigenvalue weighted by molar-refractivity contribution is 6.09. The van der Waals surface area contributed by atoms with Gasteiger partial charge in [-0.1, -0.05) is 91.0 Å². The molecule has 0 spiro atoms. The summed E-state index contributed by atoms with van der Waals surface area (Å²) in [6.45, 7) is 0. The van der Waals surface area contributed by atoms with Crippen molar-refractivity contribution in [1.29, 1.82) is 0 Å². The first kappa shape index (κ1) is 26.4. The number of para-hydroxylation sites is 5. The fourth-order valence-corrected chi connectivity index (χ4v) is 6.46. The lowest BCUT2D eigenvalue weighted by Crippen LogP contribution is -2.10. The molecule has 0 aliphatic carbocycles. The van der Waals surface area contributed by atoms with Crippen LogP contribution >= 0.6 is 0 Å². The molecule has 2 aromatic heterocycles. The van der Waals surface area contributed by atoms with E-state index in [-0.39, 0.29) is 0 Å². The third kappa shape index (κ3) is 4.33. The lowest BCUT2D eigenvalue weighted by Gasteiger charge is -2.25. The standard InChI is InChI=1S/C40H31N5/c41-37-33-20-10-12-22-35(33)44(30-18-8-3-9-19-30)39(37)40-38(42)34-21-11-13-23-36(34)45(40)32-26-24-31(25-27-32)43(28-14-4-1-5-15-28)29-16-6-2-7-17-29/h1-27H,41-42H2. The van der Waals surface area contributed by atoms with Crippen molar-refractivity contribution < 1.29 is 0 Å². The maximum atomic E-state index is 7.08. The Balaban J connectivity index is 1.37. The van der Waals surface area contributed by atoms with Crippen LogP contribution < -0.4 is 16.4 Å². The van der Waals surface area contributed by atoms with Gasteiger partial charge in [-0.3, -0.25) is 0 Å². The van der Waals surface area contributed by atoms with Crippen LogP contribution in [0.5, 0.6) is 0 Å². The maximum absolute atomic E-state index is 7.08. The van der Waals surface area contributed by atoms with E-state index in [9.17, 15) is 0 Å². The molecule has 0 unspecified atom stereocenters. The van der Waals surface area contributed by atoms with E-state index in [0.717, 1.165) is 61.6 Å². The van der Waals surface area contributed by atoms with Crippen LogP contribution in [-0.4, -0.2) is 9.13 Å². The van der Waals surface area contributed by atoms with Gasteiger partial charge in [0.2, 0.25) is 0 Å². The van der Waals surface area contributed by atoms with E-state index >= 15 is 0 Å². The average molecular weight is 582 g/mol. The van der Waals surface area contributed by atoms with Crippen molar-refractivity contribution in [2.75, 3.05) is 16.4 Å². The number of hydrogen-bond donors (Lipinski definition) is 2. The number of nitrogens with zero attached hydrogens (tertiary/aromatic N) is 3. The molecule has 5 heteroatoms. The molecule has 0 bridgehead atoms. The maximum Gasteiger partial charge on any atom is 0.0964 e.